The van der Waals surface area contributed by atoms with Crippen LogP contribution in [-0.4, -0.2) is 35.3 Å². The van der Waals surface area contributed by atoms with Gasteiger partial charge in [0.1, 0.15) is 5.82 Å². The monoisotopic (exact) mass is 382 g/mol. The van der Waals surface area contributed by atoms with Crippen molar-refractivity contribution >= 4 is 23.2 Å². The maximum Gasteiger partial charge on any atom is 0.255 e. The summed E-state index contributed by atoms with van der Waals surface area (Å²) in [5, 5.41) is 5.97. The number of nitrogen functional groups attached to an aromatic ring is 1. The molecule has 1 spiro atoms. The van der Waals surface area contributed by atoms with Gasteiger partial charge in [-0.2, -0.15) is 0 Å². The second-order valence-corrected chi connectivity index (χ2v) is 7.54. The molecule has 0 saturated carbocycles. The highest BCUT2D eigenvalue weighted by molar-refractivity contribution is 6.05. The van der Waals surface area contributed by atoms with E-state index in [1.54, 1.807) is 12.1 Å². The summed E-state index contributed by atoms with van der Waals surface area (Å²) in [6, 6.07) is 11.0. The normalized spacial score (nSPS) is 18.0. The largest absolute Gasteiger partial charge is 0.397 e. The smallest absolute Gasteiger partial charge is 0.255 e. The van der Waals surface area contributed by atoms with Crippen LogP contribution >= 0.6 is 0 Å². The fourth-order valence-electron chi connectivity index (χ4n) is 3.93. The van der Waals surface area contributed by atoms with Crippen LogP contribution < -0.4 is 16.4 Å². The van der Waals surface area contributed by atoms with Crippen molar-refractivity contribution < 1.29 is 14.0 Å². The number of halogens is 1. The lowest BCUT2D eigenvalue weighted by molar-refractivity contribution is -0.146. The number of carbonyl (C=O) groups excluding carboxylic acids is 2. The van der Waals surface area contributed by atoms with Gasteiger partial charge >= 0.3 is 0 Å². The van der Waals surface area contributed by atoms with Gasteiger partial charge in [-0.05, 0) is 48.7 Å². The van der Waals surface area contributed by atoms with Crippen molar-refractivity contribution in [2.24, 2.45) is 0 Å². The van der Waals surface area contributed by atoms with Crippen LogP contribution in [0.5, 0.6) is 0 Å². The molecule has 2 aliphatic rings. The molecule has 0 unspecified atom stereocenters. The van der Waals surface area contributed by atoms with Crippen LogP contribution in [0.2, 0.25) is 0 Å². The first-order valence-electron chi connectivity index (χ1n) is 9.43. The van der Waals surface area contributed by atoms with Gasteiger partial charge in [0.15, 0.2) is 0 Å². The first kappa shape index (κ1) is 18.4. The Bertz CT molecular complexity index is 909. The summed E-state index contributed by atoms with van der Waals surface area (Å²) in [4.78, 5) is 26.9. The average Bonchev–Trinajstić information content (AvgIpc) is 2.65. The highest BCUT2D eigenvalue weighted by Gasteiger charge is 2.46. The third-order valence-corrected chi connectivity index (χ3v) is 5.63. The van der Waals surface area contributed by atoms with E-state index in [1.807, 2.05) is 17.0 Å². The van der Waals surface area contributed by atoms with Crippen LogP contribution in [0.4, 0.5) is 15.8 Å². The molecule has 2 amide bonds. The summed E-state index contributed by atoms with van der Waals surface area (Å²) in [5.74, 6) is -0.577. The lowest BCUT2D eigenvalue weighted by Crippen LogP contribution is -2.71. The molecule has 0 radical (unpaired) electrons. The summed E-state index contributed by atoms with van der Waals surface area (Å²) < 4.78 is 13.1. The van der Waals surface area contributed by atoms with Crippen molar-refractivity contribution in [1.29, 1.82) is 0 Å². The molecule has 2 aromatic carbocycles. The topological polar surface area (TPSA) is 87.5 Å². The molecule has 28 heavy (non-hydrogen) atoms. The van der Waals surface area contributed by atoms with Crippen molar-refractivity contribution in [3.05, 3.63) is 59.4 Å². The number of piperidine rings is 1. The first-order chi connectivity index (χ1) is 13.5. The van der Waals surface area contributed by atoms with Gasteiger partial charge in [0, 0.05) is 31.6 Å². The molecule has 2 saturated heterocycles. The van der Waals surface area contributed by atoms with Crippen molar-refractivity contribution in [2.75, 3.05) is 24.1 Å². The summed E-state index contributed by atoms with van der Waals surface area (Å²) >= 11 is 0. The zero-order valence-electron chi connectivity index (χ0n) is 15.5. The van der Waals surface area contributed by atoms with Gasteiger partial charge < -0.3 is 21.3 Å². The van der Waals surface area contributed by atoms with E-state index in [-0.39, 0.29) is 23.0 Å². The Labute approximate surface area is 162 Å². The van der Waals surface area contributed by atoms with Crippen molar-refractivity contribution in [3.63, 3.8) is 0 Å². The maximum absolute atomic E-state index is 13.1. The Morgan fingerprint density at radius 1 is 1.21 bits per heavy atom. The molecule has 0 aromatic heterocycles. The van der Waals surface area contributed by atoms with Crippen molar-refractivity contribution in [2.45, 2.75) is 31.3 Å². The minimum atomic E-state index is -0.452. The number of nitrogens with zero attached hydrogens (tertiary/aromatic N) is 1. The van der Waals surface area contributed by atoms with E-state index in [0.717, 1.165) is 31.5 Å². The van der Waals surface area contributed by atoms with E-state index in [2.05, 4.69) is 10.6 Å². The van der Waals surface area contributed by atoms with Crippen LogP contribution in [-0.2, 0) is 11.3 Å². The molecule has 0 bridgehead atoms. The Hall–Kier alpha value is -2.93. The van der Waals surface area contributed by atoms with E-state index < -0.39 is 5.82 Å². The molecule has 146 valence electrons. The number of nitrogens with two attached hydrogens (primary N) is 1. The van der Waals surface area contributed by atoms with Crippen LogP contribution in [0.1, 0.15) is 35.2 Å². The Balaban J connectivity index is 1.44. The molecule has 4 N–H and O–H groups in total. The number of rotatable bonds is 4. The standard InChI is InChI=1S/C21H23FN4O2/c22-16-7-8-18(17(23)10-16)25-20(28)15-5-3-14(4-6-15)11-26-19(27)2-1-9-21(26)12-24-13-21/h3-8,10,24H,1-2,9,11-13,23H2,(H,25,28). The number of hydrogen-bond acceptors (Lipinski definition) is 4. The number of benzene rings is 2. The second kappa shape index (κ2) is 7.24. The molecule has 0 atom stereocenters. The second-order valence-electron chi connectivity index (χ2n) is 7.54. The van der Waals surface area contributed by atoms with E-state index in [4.69, 9.17) is 5.73 Å². The van der Waals surface area contributed by atoms with Gasteiger partial charge in [-0.25, -0.2) is 4.39 Å². The number of nitrogens with one attached hydrogen (secondary N) is 2. The van der Waals surface area contributed by atoms with Crippen LogP contribution in [0, 0.1) is 5.82 Å². The molecule has 7 heteroatoms. The fraction of sp³-hybridized carbons (Fsp3) is 0.333. The zero-order chi connectivity index (χ0) is 19.7. The highest BCUT2D eigenvalue weighted by atomic mass is 19.1. The van der Waals surface area contributed by atoms with E-state index in [1.165, 1.54) is 18.2 Å². The Morgan fingerprint density at radius 3 is 2.61 bits per heavy atom. The third kappa shape index (κ3) is 3.45. The average molecular weight is 382 g/mol. The van der Waals surface area contributed by atoms with E-state index in [9.17, 15) is 14.0 Å². The lowest BCUT2D eigenvalue weighted by Gasteiger charge is -2.53. The summed E-state index contributed by atoms with van der Waals surface area (Å²) in [6.45, 7) is 2.24. The molecule has 2 heterocycles. The number of carbonyl (C=O) groups is 2. The third-order valence-electron chi connectivity index (χ3n) is 5.63. The van der Waals surface area contributed by atoms with Crippen molar-refractivity contribution in [1.82, 2.24) is 10.2 Å². The molecule has 2 aliphatic heterocycles. The predicted octanol–water partition coefficient (Wildman–Crippen LogP) is 2.51. The van der Waals surface area contributed by atoms with Crippen LogP contribution in [0.3, 0.4) is 0 Å². The van der Waals surface area contributed by atoms with Crippen LogP contribution in [0.25, 0.3) is 0 Å². The van der Waals surface area contributed by atoms with Gasteiger partial charge in [-0.3, -0.25) is 9.59 Å². The van der Waals surface area contributed by atoms with Gasteiger partial charge in [0.25, 0.3) is 5.91 Å². The minimum Gasteiger partial charge on any atom is -0.397 e. The van der Waals surface area contributed by atoms with Gasteiger partial charge in [-0.1, -0.05) is 12.1 Å². The molecular formula is C21H23FN4O2. The molecular weight excluding hydrogens is 359 g/mol. The molecule has 0 aliphatic carbocycles. The SMILES string of the molecule is Nc1cc(F)ccc1NC(=O)c1ccc(CN2C(=O)CCCC23CNC3)cc1. The Kier molecular flexibility index (Phi) is 4.77. The van der Waals surface area contributed by atoms with Crippen LogP contribution in [0.15, 0.2) is 42.5 Å². The lowest BCUT2D eigenvalue weighted by atomic mass is 9.81. The molecule has 4 rings (SSSR count). The minimum absolute atomic E-state index is 0.0501. The summed E-state index contributed by atoms with van der Waals surface area (Å²) in [6.07, 6.45) is 2.58. The number of amides is 2. The quantitative estimate of drug-likeness (QED) is 0.709. The van der Waals surface area contributed by atoms with Crippen molar-refractivity contribution in [3.8, 4) is 0 Å². The Morgan fingerprint density at radius 2 is 1.96 bits per heavy atom. The van der Waals surface area contributed by atoms with E-state index >= 15 is 0 Å². The fourth-order valence-corrected chi connectivity index (χ4v) is 3.93. The number of likely N-dealkylation sites (tertiary alicyclic amines) is 1. The van der Waals surface area contributed by atoms with Gasteiger partial charge in [-0.15, -0.1) is 0 Å². The van der Waals surface area contributed by atoms with E-state index in [0.29, 0.717) is 24.2 Å². The number of hydrogen-bond donors (Lipinski definition) is 3. The summed E-state index contributed by atoms with van der Waals surface area (Å²) in [5.41, 5.74) is 7.68. The van der Waals surface area contributed by atoms with Gasteiger partial charge in [0.2, 0.25) is 5.91 Å². The molecule has 2 fully saturated rings. The first-order valence-corrected chi connectivity index (χ1v) is 9.43. The molecule has 6 nitrogen and oxygen atoms in total. The summed E-state index contributed by atoms with van der Waals surface area (Å²) in [7, 11) is 0. The van der Waals surface area contributed by atoms with Gasteiger partial charge in [0.05, 0.1) is 16.9 Å². The molecule has 2 aromatic rings. The highest BCUT2D eigenvalue weighted by Crippen LogP contribution is 2.33. The number of anilines is 2. The maximum atomic E-state index is 13.1. The zero-order valence-corrected chi connectivity index (χ0v) is 15.5. The predicted molar refractivity (Wildman–Crippen MR) is 105 cm³/mol.